The first-order valence-corrected chi connectivity index (χ1v) is 9.00. The van der Waals surface area contributed by atoms with Gasteiger partial charge in [0.25, 0.3) is 0 Å². The number of carbonyl (C=O) groups excluding carboxylic acids is 2. The van der Waals surface area contributed by atoms with Crippen LogP contribution >= 0.6 is 11.3 Å². The minimum absolute atomic E-state index is 0.227. The summed E-state index contributed by atoms with van der Waals surface area (Å²) in [4.78, 5) is 26.3. The van der Waals surface area contributed by atoms with Crippen molar-refractivity contribution in [2.24, 2.45) is 0 Å². The lowest BCUT2D eigenvalue weighted by Crippen LogP contribution is -2.46. The van der Waals surface area contributed by atoms with Gasteiger partial charge in [-0.3, -0.25) is 0 Å². The van der Waals surface area contributed by atoms with E-state index in [-0.39, 0.29) is 6.03 Å². The van der Waals surface area contributed by atoms with E-state index >= 15 is 0 Å². The van der Waals surface area contributed by atoms with Gasteiger partial charge < -0.3 is 15.0 Å². The number of esters is 1. The number of amides is 2. The van der Waals surface area contributed by atoms with Crippen LogP contribution in [0.2, 0.25) is 0 Å². The van der Waals surface area contributed by atoms with Crippen LogP contribution < -0.4 is 5.32 Å². The molecule has 0 bridgehead atoms. The number of rotatable bonds is 5. The Balaban J connectivity index is 1.76. The number of urea groups is 1. The number of allylic oxidation sites excluding steroid dienone is 1. The molecule has 1 aliphatic heterocycles. The van der Waals surface area contributed by atoms with Crippen molar-refractivity contribution in [1.82, 2.24) is 10.2 Å². The van der Waals surface area contributed by atoms with Crippen LogP contribution in [0.15, 0.2) is 58.4 Å². The molecule has 0 fully saturated rings. The van der Waals surface area contributed by atoms with Crippen molar-refractivity contribution in [2.75, 3.05) is 13.7 Å². The fraction of sp³-hybridized carbons (Fsp3) is 0.263. The van der Waals surface area contributed by atoms with Crippen molar-refractivity contribution < 1.29 is 14.3 Å². The Morgan fingerprint density at radius 1 is 1.28 bits per heavy atom. The van der Waals surface area contributed by atoms with Crippen molar-refractivity contribution in [2.45, 2.75) is 19.4 Å². The van der Waals surface area contributed by atoms with Gasteiger partial charge in [-0.25, -0.2) is 9.59 Å². The minimum Gasteiger partial charge on any atom is -0.462 e. The third-order valence-corrected chi connectivity index (χ3v) is 5.02. The molecule has 5 nitrogen and oxygen atoms in total. The molecule has 0 unspecified atom stereocenters. The first kappa shape index (κ1) is 17.2. The van der Waals surface area contributed by atoms with Crippen LogP contribution in [0.5, 0.6) is 0 Å². The summed E-state index contributed by atoms with van der Waals surface area (Å²) in [6.45, 7) is 2.07. The van der Waals surface area contributed by atoms with E-state index in [9.17, 15) is 9.59 Å². The zero-order valence-electron chi connectivity index (χ0n) is 14.2. The maximum absolute atomic E-state index is 12.7. The van der Waals surface area contributed by atoms with E-state index < -0.39 is 12.0 Å². The van der Waals surface area contributed by atoms with Crippen molar-refractivity contribution >= 4 is 23.3 Å². The minimum atomic E-state index is -0.473. The predicted molar refractivity (Wildman–Crippen MR) is 97.2 cm³/mol. The molecule has 0 spiro atoms. The Labute approximate surface area is 150 Å². The molecule has 2 amide bonds. The van der Waals surface area contributed by atoms with E-state index in [2.05, 4.69) is 5.32 Å². The lowest BCUT2D eigenvalue weighted by atomic mass is 9.97. The number of hydrogen-bond acceptors (Lipinski definition) is 4. The van der Waals surface area contributed by atoms with E-state index in [1.807, 2.05) is 47.2 Å². The van der Waals surface area contributed by atoms with Crippen LogP contribution in [0.25, 0.3) is 0 Å². The average molecular weight is 356 g/mol. The molecule has 1 N–H and O–H groups in total. The molecule has 0 radical (unpaired) electrons. The summed E-state index contributed by atoms with van der Waals surface area (Å²) in [7, 11) is 1.64. The molecule has 1 atom stereocenters. The average Bonchev–Trinajstić information content (AvgIpc) is 3.14. The molecule has 3 rings (SSSR count). The topological polar surface area (TPSA) is 58.6 Å². The van der Waals surface area contributed by atoms with Gasteiger partial charge >= 0.3 is 12.0 Å². The zero-order chi connectivity index (χ0) is 17.8. The molecule has 0 saturated carbocycles. The molecule has 0 aliphatic carbocycles. The highest BCUT2D eigenvalue weighted by atomic mass is 32.1. The molecule has 1 aromatic carbocycles. The van der Waals surface area contributed by atoms with Crippen LogP contribution in [0, 0.1) is 0 Å². The van der Waals surface area contributed by atoms with E-state index in [1.165, 1.54) is 16.2 Å². The Hall–Kier alpha value is -2.60. The molecule has 6 heteroatoms. The smallest absolute Gasteiger partial charge is 0.338 e. The van der Waals surface area contributed by atoms with Gasteiger partial charge in [0, 0.05) is 19.2 Å². The molecule has 25 heavy (non-hydrogen) atoms. The third-order valence-electron chi connectivity index (χ3n) is 4.32. The fourth-order valence-electron chi connectivity index (χ4n) is 2.77. The second-order valence-corrected chi connectivity index (χ2v) is 6.65. The van der Waals surface area contributed by atoms with E-state index in [0.717, 1.165) is 11.1 Å². The van der Waals surface area contributed by atoms with E-state index in [1.54, 1.807) is 14.0 Å². The summed E-state index contributed by atoms with van der Waals surface area (Å²) in [5, 5.41) is 6.73. The first-order valence-electron chi connectivity index (χ1n) is 8.06. The van der Waals surface area contributed by atoms with Crippen LogP contribution in [-0.2, 0) is 16.0 Å². The number of benzene rings is 1. The van der Waals surface area contributed by atoms with Gasteiger partial charge in [-0.2, -0.15) is 11.3 Å². The van der Waals surface area contributed by atoms with Crippen LogP contribution in [0.3, 0.4) is 0 Å². The normalized spacial score (nSPS) is 17.4. The molecule has 1 aromatic heterocycles. The SMILES string of the molecule is CC1=C(C(=O)OCCc2ccccc2)[C@H](c2ccsc2)NC(=O)N1C. The molecule has 0 saturated heterocycles. The third kappa shape index (κ3) is 3.74. The number of thiophene rings is 1. The Morgan fingerprint density at radius 2 is 2.04 bits per heavy atom. The summed E-state index contributed by atoms with van der Waals surface area (Å²) in [6, 6.07) is 11.1. The summed E-state index contributed by atoms with van der Waals surface area (Å²) >= 11 is 1.53. The molecular formula is C19H20N2O3S. The van der Waals surface area contributed by atoms with Crippen LogP contribution in [0.4, 0.5) is 4.79 Å². The quantitative estimate of drug-likeness (QED) is 0.834. The van der Waals surface area contributed by atoms with Gasteiger partial charge in [0.2, 0.25) is 0 Å². The van der Waals surface area contributed by atoms with Gasteiger partial charge in [0.1, 0.15) is 0 Å². The number of ether oxygens (including phenoxy) is 1. The first-order chi connectivity index (χ1) is 12.1. The predicted octanol–water partition coefficient (Wildman–Crippen LogP) is 3.50. The molecule has 1 aliphatic rings. The second kappa shape index (κ2) is 7.53. The Bertz CT molecular complexity index is 784. The lowest BCUT2D eigenvalue weighted by Gasteiger charge is -2.32. The zero-order valence-corrected chi connectivity index (χ0v) is 15.0. The van der Waals surface area contributed by atoms with E-state index in [4.69, 9.17) is 4.74 Å². The summed E-state index contributed by atoms with van der Waals surface area (Å²) in [5.74, 6) is -0.392. The molecule has 2 heterocycles. The van der Waals surface area contributed by atoms with Gasteiger partial charge in [0.15, 0.2) is 0 Å². The van der Waals surface area contributed by atoms with Crippen molar-refractivity contribution in [3.05, 3.63) is 69.6 Å². The van der Waals surface area contributed by atoms with Gasteiger partial charge in [-0.1, -0.05) is 30.3 Å². The summed E-state index contributed by atoms with van der Waals surface area (Å²) in [6.07, 6.45) is 0.657. The van der Waals surface area contributed by atoms with Crippen molar-refractivity contribution in [3.63, 3.8) is 0 Å². The Morgan fingerprint density at radius 3 is 2.72 bits per heavy atom. The second-order valence-electron chi connectivity index (χ2n) is 5.87. The van der Waals surface area contributed by atoms with Crippen LogP contribution in [-0.4, -0.2) is 30.6 Å². The largest absolute Gasteiger partial charge is 0.462 e. The van der Waals surface area contributed by atoms with Crippen LogP contribution in [0.1, 0.15) is 24.1 Å². The number of nitrogens with zero attached hydrogens (tertiary/aromatic N) is 1. The number of carbonyl (C=O) groups is 2. The highest BCUT2D eigenvalue weighted by Crippen LogP contribution is 2.31. The molecular weight excluding hydrogens is 336 g/mol. The Kier molecular flexibility index (Phi) is 5.19. The fourth-order valence-corrected chi connectivity index (χ4v) is 3.46. The number of hydrogen-bond donors (Lipinski definition) is 1. The maximum Gasteiger partial charge on any atom is 0.338 e. The monoisotopic (exact) mass is 356 g/mol. The van der Waals surface area contributed by atoms with Gasteiger partial charge in [-0.15, -0.1) is 0 Å². The van der Waals surface area contributed by atoms with Gasteiger partial charge in [-0.05, 0) is 34.9 Å². The molecule has 2 aromatic rings. The standard InChI is InChI=1S/C19H20N2O3S/c1-13-16(18(22)24-10-8-14-6-4-3-5-7-14)17(15-9-11-25-12-15)20-19(23)21(13)2/h3-7,9,11-12,17H,8,10H2,1-2H3,(H,20,23)/t17-/m0/s1. The maximum atomic E-state index is 12.7. The van der Waals surface area contributed by atoms with Crippen molar-refractivity contribution in [1.29, 1.82) is 0 Å². The summed E-state index contributed by atoms with van der Waals surface area (Å²) < 4.78 is 5.50. The summed E-state index contributed by atoms with van der Waals surface area (Å²) in [5.41, 5.74) is 3.10. The van der Waals surface area contributed by atoms with Gasteiger partial charge in [0.05, 0.1) is 18.2 Å². The highest BCUT2D eigenvalue weighted by Gasteiger charge is 2.35. The number of nitrogens with one attached hydrogen (secondary N) is 1. The molecule has 130 valence electrons. The van der Waals surface area contributed by atoms with E-state index in [0.29, 0.717) is 24.3 Å². The lowest BCUT2D eigenvalue weighted by molar-refractivity contribution is -0.139. The highest BCUT2D eigenvalue weighted by molar-refractivity contribution is 7.08. The van der Waals surface area contributed by atoms with Crippen molar-refractivity contribution in [3.8, 4) is 0 Å².